The summed E-state index contributed by atoms with van der Waals surface area (Å²) in [6.45, 7) is 0.377. The van der Waals surface area contributed by atoms with E-state index in [1.54, 1.807) is 12.7 Å². The van der Waals surface area contributed by atoms with Crippen LogP contribution in [-0.2, 0) is 9.47 Å². The van der Waals surface area contributed by atoms with Gasteiger partial charge in [-0.2, -0.15) is 0 Å². The van der Waals surface area contributed by atoms with E-state index in [2.05, 4.69) is 25.0 Å². The van der Waals surface area contributed by atoms with E-state index in [-0.39, 0.29) is 12.1 Å². The van der Waals surface area contributed by atoms with Crippen molar-refractivity contribution in [2.75, 3.05) is 13.2 Å². The van der Waals surface area contributed by atoms with Gasteiger partial charge in [0.15, 0.2) is 10.9 Å². The molecule has 0 aromatic carbocycles. The molecule has 0 radical (unpaired) electrons. The molecular weight excluding hydrogens is 444 g/mol. The van der Waals surface area contributed by atoms with Crippen molar-refractivity contribution in [1.82, 2.24) is 34.3 Å². The summed E-state index contributed by atoms with van der Waals surface area (Å²) in [4.78, 5) is 25.7. The number of carbonyl (C=O) groups excluding carboxylic acids is 1. The lowest BCUT2D eigenvalue weighted by Gasteiger charge is -2.13. The number of ether oxygens (including phenoxy) is 2. The van der Waals surface area contributed by atoms with Gasteiger partial charge in [0, 0.05) is 6.61 Å². The van der Waals surface area contributed by atoms with E-state index in [1.165, 1.54) is 0 Å². The first-order valence-electron chi connectivity index (χ1n) is 9.76. The summed E-state index contributed by atoms with van der Waals surface area (Å²) in [5.74, 6) is -1.03. The molecule has 32 heavy (non-hydrogen) atoms. The Morgan fingerprint density at radius 3 is 2.72 bits per heavy atom. The number of primary amides is 1. The van der Waals surface area contributed by atoms with Crippen LogP contribution in [0.15, 0.2) is 19.0 Å². The Kier molecular flexibility index (Phi) is 6.54. The molecule has 5 rings (SSSR count). The number of hydrogen-bond acceptors (Lipinski definition) is 11. The van der Waals surface area contributed by atoms with Crippen molar-refractivity contribution >= 4 is 29.3 Å². The number of amides is 1. The maximum atomic E-state index is 10.8. The monoisotopic (exact) mass is 466 g/mol. The summed E-state index contributed by atoms with van der Waals surface area (Å²) in [5.41, 5.74) is 6.60. The van der Waals surface area contributed by atoms with Crippen LogP contribution in [0, 0.1) is 4.64 Å². The minimum Gasteiger partial charge on any atom is -0.394 e. The third-order valence-corrected chi connectivity index (χ3v) is 5.40. The highest BCUT2D eigenvalue weighted by atomic mass is 32.1. The van der Waals surface area contributed by atoms with Gasteiger partial charge in [0.05, 0.1) is 19.3 Å². The van der Waals surface area contributed by atoms with Crippen molar-refractivity contribution in [3.63, 3.8) is 0 Å². The number of hydrogen-bond donors (Lipinski definition) is 5. The molecule has 0 bridgehead atoms. The number of aliphatic hydroxyl groups is 3. The minimum atomic E-state index is -1.27. The number of rotatable bonds is 4. The highest BCUT2D eigenvalue weighted by Gasteiger charge is 2.44. The smallest absolute Gasteiger partial charge is 0.288 e. The van der Waals surface area contributed by atoms with Crippen molar-refractivity contribution < 1.29 is 29.6 Å². The maximum Gasteiger partial charge on any atom is 0.288 e. The first-order valence-corrected chi connectivity index (χ1v) is 10.2. The number of aliphatic hydroxyl groups excluding tert-OH is 3. The number of carbonyl (C=O) groups is 1. The molecule has 15 heteroatoms. The van der Waals surface area contributed by atoms with Crippen LogP contribution >= 0.6 is 12.2 Å². The first kappa shape index (κ1) is 22.4. The lowest BCUT2D eigenvalue weighted by atomic mass is 10.1. The van der Waals surface area contributed by atoms with Crippen LogP contribution in [0.4, 0.5) is 0 Å². The van der Waals surface area contributed by atoms with Gasteiger partial charge in [-0.15, -0.1) is 5.10 Å². The van der Waals surface area contributed by atoms with Gasteiger partial charge in [-0.05, 0) is 12.8 Å². The molecule has 5 heterocycles. The molecule has 0 spiro atoms. The molecule has 1 amide bonds. The van der Waals surface area contributed by atoms with E-state index in [4.69, 9.17) is 32.5 Å². The number of fused-ring (bicyclic) bond motifs is 1. The van der Waals surface area contributed by atoms with Crippen LogP contribution in [0.5, 0.6) is 0 Å². The van der Waals surface area contributed by atoms with Gasteiger partial charge >= 0.3 is 0 Å². The van der Waals surface area contributed by atoms with E-state index in [9.17, 15) is 15.0 Å². The number of nitrogens with one attached hydrogen (secondary N) is 1. The Bertz CT molecular complexity index is 1140. The predicted octanol–water partition coefficient (Wildman–Crippen LogP) is -1.21. The molecule has 14 nitrogen and oxygen atoms in total. The summed E-state index contributed by atoms with van der Waals surface area (Å²) in [6.07, 6.45) is 2.29. The van der Waals surface area contributed by atoms with Gasteiger partial charge < -0.3 is 35.5 Å². The standard InChI is InChI=1S/C9H10N4OS.C8H12N4O5/c15-9-7-8(10-4-11-9)13(5-12-7)6-2-1-3-14-6;9-6(16)7-10-2-12(11-7)8-5(15)4(14)3(1-13)17-8/h4-6H,1-3H2,(H,10,11,15);2-5,8,13-15H,1H2,(H2,9,16)/t6-;3-,4-,5-,8?/m11/s1. The summed E-state index contributed by atoms with van der Waals surface area (Å²) in [6, 6.07) is 0. The summed E-state index contributed by atoms with van der Waals surface area (Å²) >= 11 is 5.09. The number of H-pyrrole nitrogens is 1. The van der Waals surface area contributed by atoms with Crippen LogP contribution in [0.25, 0.3) is 11.2 Å². The molecule has 2 aliphatic rings. The van der Waals surface area contributed by atoms with Crippen LogP contribution in [-0.4, -0.2) is 87.0 Å². The highest BCUT2D eigenvalue weighted by molar-refractivity contribution is 7.71. The zero-order valence-electron chi connectivity index (χ0n) is 16.7. The Morgan fingerprint density at radius 1 is 1.28 bits per heavy atom. The fourth-order valence-corrected chi connectivity index (χ4v) is 3.68. The zero-order chi connectivity index (χ0) is 22.8. The van der Waals surface area contributed by atoms with Gasteiger partial charge in [-0.25, -0.2) is 19.6 Å². The number of nitrogens with two attached hydrogens (primary N) is 1. The average Bonchev–Trinajstić information content (AvgIpc) is 3.56. The van der Waals surface area contributed by atoms with Crippen molar-refractivity contribution in [2.24, 2.45) is 5.73 Å². The second-order valence-corrected chi connectivity index (χ2v) is 7.55. The van der Waals surface area contributed by atoms with E-state index in [0.29, 0.717) is 4.64 Å². The second kappa shape index (κ2) is 9.35. The second-order valence-electron chi connectivity index (χ2n) is 7.17. The Labute approximate surface area is 185 Å². The van der Waals surface area contributed by atoms with E-state index < -0.39 is 37.1 Å². The number of imidazole rings is 1. The average molecular weight is 466 g/mol. The topological polar surface area (TPSA) is 199 Å². The maximum absolute atomic E-state index is 10.8. The SMILES string of the molecule is NC(=O)c1ncn(C2O[C@H](CO)[C@@H](O)[C@H]2O)n1.S=c1nc[nH]c2c1ncn2[C@H]1CCCO1. The van der Waals surface area contributed by atoms with Gasteiger partial charge in [-0.3, -0.25) is 9.36 Å². The lowest BCUT2D eigenvalue weighted by Crippen LogP contribution is -2.33. The third-order valence-electron chi connectivity index (χ3n) is 5.10. The van der Waals surface area contributed by atoms with E-state index in [1.807, 2.05) is 4.57 Å². The quantitative estimate of drug-likeness (QED) is 0.289. The molecule has 1 unspecified atom stereocenters. The number of aromatic amines is 1. The molecular formula is C17H22N8O6S. The molecule has 2 aliphatic heterocycles. The molecule has 3 aromatic rings. The van der Waals surface area contributed by atoms with Crippen molar-refractivity contribution in [2.45, 2.75) is 43.6 Å². The van der Waals surface area contributed by atoms with Crippen LogP contribution in [0.2, 0.25) is 0 Å². The van der Waals surface area contributed by atoms with Crippen molar-refractivity contribution in [3.05, 3.63) is 29.4 Å². The van der Waals surface area contributed by atoms with Crippen LogP contribution < -0.4 is 5.73 Å². The first-order chi connectivity index (χ1) is 15.4. The fourth-order valence-electron chi connectivity index (χ4n) is 3.48. The molecule has 2 saturated heterocycles. The zero-order valence-corrected chi connectivity index (χ0v) is 17.5. The molecule has 2 fully saturated rings. The Hall–Kier alpha value is -2.82. The van der Waals surface area contributed by atoms with Crippen molar-refractivity contribution in [3.8, 4) is 0 Å². The van der Waals surface area contributed by atoms with E-state index in [0.717, 1.165) is 41.6 Å². The largest absolute Gasteiger partial charge is 0.394 e. The Balaban J connectivity index is 0.000000154. The van der Waals surface area contributed by atoms with Crippen LogP contribution in [0.1, 0.15) is 35.9 Å². The number of aromatic nitrogens is 7. The molecule has 3 aromatic heterocycles. The van der Waals surface area contributed by atoms with Gasteiger partial charge in [0.1, 0.15) is 42.0 Å². The van der Waals surface area contributed by atoms with E-state index >= 15 is 0 Å². The number of nitrogens with zero attached hydrogens (tertiary/aromatic N) is 6. The minimum absolute atomic E-state index is 0.0862. The van der Waals surface area contributed by atoms with Crippen LogP contribution in [0.3, 0.4) is 0 Å². The van der Waals surface area contributed by atoms with Crippen molar-refractivity contribution in [1.29, 1.82) is 0 Å². The van der Waals surface area contributed by atoms with Gasteiger partial charge in [-0.1, -0.05) is 12.2 Å². The Morgan fingerprint density at radius 2 is 2.09 bits per heavy atom. The predicted molar refractivity (Wildman–Crippen MR) is 108 cm³/mol. The highest BCUT2D eigenvalue weighted by Crippen LogP contribution is 2.28. The molecule has 6 N–H and O–H groups in total. The third kappa shape index (κ3) is 4.25. The van der Waals surface area contributed by atoms with Gasteiger partial charge in [0.25, 0.3) is 5.91 Å². The lowest BCUT2D eigenvalue weighted by molar-refractivity contribution is -0.0588. The normalized spacial score (nSPS) is 27.4. The molecule has 5 atom stereocenters. The molecule has 0 aliphatic carbocycles. The summed E-state index contributed by atoms with van der Waals surface area (Å²) < 4.78 is 14.4. The fraction of sp³-hybridized carbons (Fsp3) is 0.529. The van der Waals surface area contributed by atoms with Gasteiger partial charge in [0.2, 0.25) is 5.82 Å². The summed E-state index contributed by atoms with van der Waals surface area (Å²) in [7, 11) is 0. The molecule has 172 valence electrons. The molecule has 0 saturated carbocycles. The summed E-state index contributed by atoms with van der Waals surface area (Å²) in [5, 5.41) is 31.8.